The van der Waals surface area contributed by atoms with Crippen LogP contribution in [-0.4, -0.2) is 30.4 Å². The lowest BCUT2D eigenvalue weighted by molar-refractivity contribution is -0.144. The molecular formula is C27H35NO6. The number of Topliss-reactive ketones (excluding diaryl/α,β-unsaturated/α-hetero) is 1. The van der Waals surface area contributed by atoms with Crippen LogP contribution in [0, 0.1) is 5.41 Å². The first-order chi connectivity index (χ1) is 16.0. The van der Waals surface area contributed by atoms with Gasteiger partial charge in [0.05, 0.1) is 18.3 Å². The quantitative estimate of drug-likeness (QED) is 0.446. The summed E-state index contributed by atoms with van der Waals surface area (Å²) < 4.78 is 16.7. The molecule has 1 N–H and O–H groups in total. The van der Waals surface area contributed by atoms with Gasteiger partial charge in [0.25, 0.3) is 0 Å². The van der Waals surface area contributed by atoms with E-state index in [0.717, 1.165) is 5.70 Å². The van der Waals surface area contributed by atoms with Crippen molar-refractivity contribution in [3.8, 4) is 11.5 Å². The number of ether oxygens (including phenoxy) is 3. The number of dihydropyridines is 1. The summed E-state index contributed by atoms with van der Waals surface area (Å²) in [7, 11) is 0. The average molecular weight is 470 g/mol. The van der Waals surface area contributed by atoms with Gasteiger partial charge in [-0.1, -0.05) is 26.8 Å². The average Bonchev–Trinajstić information content (AvgIpc) is 2.72. The molecule has 7 nitrogen and oxygen atoms in total. The zero-order valence-electron chi connectivity index (χ0n) is 21.2. The van der Waals surface area contributed by atoms with Crippen LogP contribution in [0.4, 0.5) is 0 Å². The van der Waals surface area contributed by atoms with Crippen LogP contribution < -0.4 is 14.8 Å². The number of ketones is 1. The van der Waals surface area contributed by atoms with Crippen LogP contribution >= 0.6 is 0 Å². The van der Waals surface area contributed by atoms with E-state index in [2.05, 4.69) is 19.2 Å². The Labute approximate surface area is 201 Å². The highest BCUT2D eigenvalue weighted by Gasteiger charge is 2.43. The molecule has 7 heteroatoms. The first-order valence-corrected chi connectivity index (χ1v) is 11.9. The summed E-state index contributed by atoms with van der Waals surface area (Å²) in [6, 6.07) is 5.17. The number of rotatable bonds is 7. The van der Waals surface area contributed by atoms with E-state index in [9.17, 15) is 14.4 Å². The second-order valence-electron chi connectivity index (χ2n) is 9.79. The van der Waals surface area contributed by atoms with E-state index in [4.69, 9.17) is 14.2 Å². The fourth-order valence-electron chi connectivity index (χ4n) is 4.58. The second kappa shape index (κ2) is 10.0. The maximum absolute atomic E-state index is 13.4. The third-order valence-corrected chi connectivity index (χ3v) is 6.20. The van der Waals surface area contributed by atoms with Crippen LogP contribution in [-0.2, 0) is 19.1 Å². The Bertz CT molecular complexity index is 1060. The summed E-state index contributed by atoms with van der Waals surface area (Å²) in [4.78, 5) is 38.3. The highest BCUT2D eigenvalue weighted by Crippen LogP contribution is 2.48. The van der Waals surface area contributed by atoms with E-state index >= 15 is 0 Å². The van der Waals surface area contributed by atoms with Crippen molar-refractivity contribution in [1.29, 1.82) is 0 Å². The van der Waals surface area contributed by atoms with Crippen LogP contribution in [0.2, 0.25) is 0 Å². The molecule has 1 aromatic carbocycles. The highest BCUT2D eigenvalue weighted by atomic mass is 16.6. The summed E-state index contributed by atoms with van der Waals surface area (Å²) in [6.45, 7) is 13.3. The summed E-state index contributed by atoms with van der Waals surface area (Å²) in [6.07, 6.45) is 1.51. The zero-order valence-corrected chi connectivity index (χ0v) is 21.2. The van der Waals surface area contributed by atoms with Crippen molar-refractivity contribution in [3.63, 3.8) is 0 Å². The first-order valence-electron chi connectivity index (χ1n) is 11.9. The Kier molecular flexibility index (Phi) is 7.54. The molecule has 0 amide bonds. The van der Waals surface area contributed by atoms with Crippen molar-refractivity contribution in [2.24, 2.45) is 5.41 Å². The predicted octanol–water partition coefficient (Wildman–Crippen LogP) is 4.96. The fourth-order valence-corrected chi connectivity index (χ4v) is 4.58. The van der Waals surface area contributed by atoms with E-state index in [1.807, 2.05) is 27.7 Å². The minimum atomic E-state index is -0.609. The molecule has 1 aliphatic heterocycles. The largest absolute Gasteiger partial charge is 0.490 e. The number of hydrogen-bond acceptors (Lipinski definition) is 7. The van der Waals surface area contributed by atoms with Gasteiger partial charge in [0.2, 0.25) is 0 Å². The first kappa shape index (κ1) is 25.5. The molecule has 0 bridgehead atoms. The van der Waals surface area contributed by atoms with Crippen LogP contribution in [0.1, 0.15) is 79.2 Å². The smallest absolute Gasteiger partial charge is 0.337 e. The van der Waals surface area contributed by atoms with Crippen LogP contribution in [0.15, 0.2) is 40.7 Å². The molecule has 2 aliphatic rings. The van der Waals surface area contributed by atoms with Gasteiger partial charge in [-0.3, -0.25) is 9.59 Å². The molecule has 34 heavy (non-hydrogen) atoms. The molecule has 0 saturated carbocycles. The van der Waals surface area contributed by atoms with E-state index in [1.165, 1.54) is 6.92 Å². The van der Waals surface area contributed by atoms with Crippen LogP contribution in [0.25, 0.3) is 0 Å². The minimum absolute atomic E-state index is 0.00659. The Morgan fingerprint density at radius 2 is 1.88 bits per heavy atom. The van der Waals surface area contributed by atoms with Crippen LogP contribution in [0.3, 0.4) is 0 Å². The van der Waals surface area contributed by atoms with E-state index < -0.39 is 17.9 Å². The molecule has 1 aromatic rings. The standard InChI is InChI=1S/C27H35NO6/c1-8-15(3)33-26(31)23-16(4)28-19-13-27(6,7)14-20(30)25(19)24(23)18-10-11-21(34-17(5)29)22(12-18)32-9-2/h10-12,15,24,28H,8-9,13-14H2,1-7H3. The molecule has 0 spiro atoms. The lowest BCUT2D eigenvalue weighted by Gasteiger charge is -2.39. The van der Waals surface area contributed by atoms with E-state index in [0.29, 0.717) is 59.8 Å². The normalized spacial score (nSPS) is 20.3. The Hall–Kier alpha value is -3.09. The lowest BCUT2D eigenvalue weighted by Crippen LogP contribution is -2.39. The van der Waals surface area contributed by atoms with Gasteiger partial charge in [0, 0.05) is 36.2 Å². The number of esters is 2. The third-order valence-electron chi connectivity index (χ3n) is 6.20. The molecule has 2 unspecified atom stereocenters. The van der Waals surface area contributed by atoms with Crippen molar-refractivity contribution in [2.75, 3.05) is 6.61 Å². The molecule has 2 atom stereocenters. The Morgan fingerprint density at radius 1 is 1.18 bits per heavy atom. The van der Waals surface area contributed by atoms with Gasteiger partial charge in [0.15, 0.2) is 17.3 Å². The third kappa shape index (κ3) is 5.34. The monoisotopic (exact) mass is 469 g/mol. The van der Waals surface area contributed by atoms with Crippen molar-refractivity contribution in [1.82, 2.24) is 5.32 Å². The maximum Gasteiger partial charge on any atom is 0.337 e. The van der Waals surface area contributed by atoms with Gasteiger partial charge in [-0.25, -0.2) is 4.79 Å². The maximum atomic E-state index is 13.4. The molecule has 0 fully saturated rings. The van der Waals surface area contributed by atoms with E-state index in [-0.39, 0.29) is 17.3 Å². The van der Waals surface area contributed by atoms with Gasteiger partial charge in [-0.2, -0.15) is 0 Å². The van der Waals surface area contributed by atoms with Gasteiger partial charge in [-0.15, -0.1) is 0 Å². The number of carbonyl (C=O) groups excluding carboxylic acids is 3. The Morgan fingerprint density at radius 3 is 2.50 bits per heavy atom. The summed E-state index contributed by atoms with van der Waals surface area (Å²) in [5.74, 6) is -0.836. The molecule has 0 aromatic heterocycles. The van der Waals surface area contributed by atoms with Crippen LogP contribution in [0.5, 0.6) is 11.5 Å². The number of benzene rings is 1. The molecule has 1 aliphatic carbocycles. The van der Waals surface area contributed by atoms with Gasteiger partial charge in [0.1, 0.15) is 0 Å². The van der Waals surface area contributed by atoms with Gasteiger partial charge >= 0.3 is 11.9 Å². The number of allylic oxidation sites excluding steroid dienone is 3. The lowest BCUT2D eigenvalue weighted by atomic mass is 9.68. The summed E-state index contributed by atoms with van der Waals surface area (Å²) in [5.41, 5.74) is 3.03. The van der Waals surface area contributed by atoms with E-state index in [1.54, 1.807) is 18.2 Å². The highest BCUT2D eigenvalue weighted by molar-refractivity contribution is 6.04. The molecule has 0 radical (unpaired) electrons. The summed E-state index contributed by atoms with van der Waals surface area (Å²) in [5, 5.41) is 3.34. The minimum Gasteiger partial charge on any atom is -0.490 e. The van der Waals surface area contributed by atoms with Crippen molar-refractivity contribution >= 4 is 17.7 Å². The molecule has 3 rings (SSSR count). The zero-order chi connectivity index (χ0) is 25.2. The fraction of sp³-hybridized carbons (Fsp3) is 0.519. The van der Waals surface area contributed by atoms with Gasteiger partial charge < -0.3 is 19.5 Å². The molecule has 1 heterocycles. The molecule has 184 valence electrons. The number of carbonyl (C=O) groups is 3. The van der Waals surface area contributed by atoms with Gasteiger partial charge in [-0.05, 0) is 56.7 Å². The van der Waals surface area contributed by atoms with Crippen molar-refractivity contribution < 1.29 is 28.6 Å². The Balaban J connectivity index is 2.18. The molecular weight excluding hydrogens is 434 g/mol. The van der Waals surface area contributed by atoms with Crippen molar-refractivity contribution in [2.45, 2.75) is 79.8 Å². The van der Waals surface area contributed by atoms with Crippen molar-refractivity contribution in [3.05, 3.63) is 46.3 Å². The SMILES string of the molecule is CCOc1cc(C2C(C(=O)OC(C)CC)=C(C)NC3=C2C(=O)CC(C)(C)C3)ccc1OC(C)=O. The summed E-state index contributed by atoms with van der Waals surface area (Å²) >= 11 is 0. The second-order valence-corrected chi connectivity index (χ2v) is 9.79. The predicted molar refractivity (Wildman–Crippen MR) is 128 cm³/mol. The molecule has 0 saturated heterocycles. The topological polar surface area (TPSA) is 90.9 Å². The number of hydrogen-bond donors (Lipinski definition) is 1. The number of nitrogens with one attached hydrogen (secondary N) is 1.